The first-order valence-electron chi connectivity index (χ1n) is 4.16. The van der Waals surface area contributed by atoms with Crippen LogP contribution in [0, 0.1) is 5.82 Å². The second-order valence-corrected chi connectivity index (χ2v) is 3.59. The fourth-order valence-electron chi connectivity index (χ4n) is 1.45. The van der Waals surface area contributed by atoms with E-state index in [-0.39, 0.29) is 11.9 Å². The van der Waals surface area contributed by atoms with Crippen LogP contribution in [0.3, 0.4) is 0 Å². The van der Waals surface area contributed by atoms with Gasteiger partial charge in [0.1, 0.15) is 5.82 Å². The Labute approximate surface area is 80.9 Å². The van der Waals surface area contributed by atoms with Crippen LogP contribution in [0.4, 0.5) is 10.1 Å². The molecule has 2 nitrogen and oxygen atoms in total. The van der Waals surface area contributed by atoms with Crippen molar-refractivity contribution in [1.82, 2.24) is 5.32 Å². The smallest absolute Gasteiger partial charge is 0.125 e. The van der Waals surface area contributed by atoms with Gasteiger partial charge in [-0.25, -0.2) is 4.39 Å². The second-order valence-electron chi connectivity index (χ2n) is 3.19. The van der Waals surface area contributed by atoms with Crippen molar-refractivity contribution in [2.24, 2.45) is 0 Å². The maximum atomic E-state index is 13.0. The molecule has 0 radical (unpaired) electrons. The molecule has 3 N–H and O–H groups in total. The minimum atomic E-state index is -0.331. The monoisotopic (exact) mass is 200 g/mol. The van der Waals surface area contributed by atoms with E-state index in [4.69, 9.17) is 17.3 Å². The van der Waals surface area contributed by atoms with Crippen molar-refractivity contribution in [1.29, 1.82) is 0 Å². The molecule has 1 saturated heterocycles. The number of benzene rings is 1. The number of rotatable bonds is 1. The summed E-state index contributed by atoms with van der Waals surface area (Å²) < 4.78 is 13.0. The molecule has 1 heterocycles. The molecule has 0 aromatic heterocycles. The highest BCUT2D eigenvalue weighted by atomic mass is 35.5. The molecule has 0 amide bonds. The molecule has 13 heavy (non-hydrogen) atoms. The number of nitrogen functional groups attached to an aromatic ring is 1. The summed E-state index contributed by atoms with van der Waals surface area (Å²) in [7, 11) is 0. The van der Waals surface area contributed by atoms with Gasteiger partial charge in [-0.15, -0.1) is 0 Å². The lowest BCUT2D eigenvalue weighted by molar-refractivity contribution is 0.383. The van der Waals surface area contributed by atoms with Gasteiger partial charge < -0.3 is 11.1 Å². The molecule has 0 aliphatic carbocycles. The van der Waals surface area contributed by atoms with Crippen LogP contribution < -0.4 is 11.1 Å². The van der Waals surface area contributed by atoms with Crippen LogP contribution in [-0.4, -0.2) is 6.54 Å². The van der Waals surface area contributed by atoms with Crippen LogP contribution in [0.15, 0.2) is 12.1 Å². The Morgan fingerprint density at radius 2 is 2.23 bits per heavy atom. The standard InChI is InChI=1S/C9H10ClFN2/c10-7-4-5(11)3-6(9(7)12)8-1-2-13-8/h3-4,8,13H,1-2,12H2. The van der Waals surface area contributed by atoms with Crippen LogP contribution in [0.1, 0.15) is 18.0 Å². The Hall–Kier alpha value is -0.800. The fourth-order valence-corrected chi connectivity index (χ4v) is 1.66. The summed E-state index contributed by atoms with van der Waals surface area (Å²) in [6.45, 7) is 0.957. The van der Waals surface area contributed by atoms with E-state index in [9.17, 15) is 4.39 Å². The molecule has 0 bridgehead atoms. The third-order valence-corrected chi connectivity index (χ3v) is 2.64. The highest BCUT2D eigenvalue weighted by molar-refractivity contribution is 6.33. The summed E-state index contributed by atoms with van der Waals surface area (Å²) in [5.41, 5.74) is 6.98. The summed E-state index contributed by atoms with van der Waals surface area (Å²) in [5.74, 6) is -0.331. The molecular formula is C9H10ClFN2. The lowest BCUT2D eigenvalue weighted by atomic mass is 9.96. The number of nitrogens with one attached hydrogen (secondary N) is 1. The first-order valence-corrected chi connectivity index (χ1v) is 4.54. The Balaban J connectivity index is 2.42. The number of hydrogen-bond acceptors (Lipinski definition) is 2. The van der Waals surface area contributed by atoms with Gasteiger partial charge in [-0.3, -0.25) is 0 Å². The number of nitrogens with two attached hydrogens (primary N) is 1. The zero-order chi connectivity index (χ0) is 9.42. The topological polar surface area (TPSA) is 38.0 Å². The van der Waals surface area contributed by atoms with E-state index >= 15 is 0 Å². The van der Waals surface area contributed by atoms with Crippen molar-refractivity contribution < 1.29 is 4.39 Å². The van der Waals surface area contributed by atoms with Crippen LogP contribution >= 0.6 is 11.6 Å². The molecule has 1 aliphatic rings. The van der Waals surface area contributed by atoms with E-state index in [0.717, 1.165) is 18.5 Å². The molecule has 0 saturated carbocycles. The van der Waals surface area contributed by atoms with Gasteiger partial charge >= 0.3 is 0 Å². The highest BCUT2D eigenvalue weighted by Crippen LogP contribution is 2.32. The number of hydrogen-bond donors (Lipinski definition) is 2. The van der Waals surface area contributed by atoms with E-state index in [1.54, 1.807) is 0 Å². The van der Waals surface area contributed by atoms with E-state index in [1.165, 1.54) is 12.1 Å². The largest absolute Gasteiger partial charge is 0.397 e. The van der Waals surface area contributed by atoms with Crippen molar-refractivity contribution in [3.8, 4) is 0 Å². The Kier molecular flexibility index (Phi) is 2.14. The van der Waals surface area contributed by atoms with Crippen LogP contribution in [-0.2, 0) is 0 Å². The Morgan fingerprint density at radius 1 is 1.54 bits per heavy atom. The summed E-state index contributed by atoms with van der Waals surface area (Å²) in [6, 6.07) is 2.85. The van der Waals surface area contributed by atoms with Gasteiger partial charge in [0.2, 0.25) is 0 Å². The van der Waals surface area contributed by atoms with Crippen LogP contribution in [0.2, 0.25) is 5.02 Å². The quantitative estimate of drug-likeness (QED) is 0.682. The molecule has 1 aliphatic heterocycles. The highest BCUT2D eigenvalue weighted by Gasteiger charge is 2.22. The molecule has 1 aromatic carbocycles. The molecule has 4 heteroatoms. The molecule has 1 aromatic rings. The van der Waals surface area contributed by atoms with Crippen molar-refractivity contribution in [2.75, 3.05) is 12.3 Å². The molecule has 2 rings (SSSR count). The first kappa shape index (κ1) is 8.78. The molecule has 1 unspecified atom stereocenters. The van der Waals surface area contributed by atoms with Gasteiger partial charge in [-0.05, 0) is 30.7 Å². The minimum absolute atomic E-state index is 0.174. The van der Waals surface area contributed by atoms with E-state index in [2.05, 4.69) is 5.32 Å². The molecule has 1 fully saturated rings. The summed E-state index contributed by atoms with van der Waals surface area (Å²) in [4.78, 5) is 0. The van der Waals surface area contributed by atoms with Gasteiger partial charge in [0.05, 0.1) is 10.7 Å². The first-order chi connectivity index (χ1) is 6.18. The Morgan fingerprint density at radius 3 is 2.77 bits per heavy atom. The average Bonchev–Trinajstić information content (AvgIpc) is 1.95. The lowest BCUT2D eigenvalue weighted by Gasteiger charge is -2.29. The van der Waals surface area contributed by atoms with E-state index in [0.29, 0.717) is 10.7 Å². The van der Waals surface area contributed by atoms with Crippen molar-refractivity contribution >= 4 is 17.3 Å². The molecule has 1 atom stereocenters. The van der Waals surface area contributed by atoms with Crippen LogP contribution in [0.25, 0.3) is 0 Å². The van der Waals surface area contributed by atoms with Gasteiger partial charge in [0.25, 0.3) is 0 Å². The predicted molar refractivity (Wildman–Crippen MR) is 51.2 cm³/mol. The maximum absolute atomic E-state index is 13.0. The lowest BCUT2D eigenvalue weighted by Crippen LogP contribution is -2.35. The fraction of sp³-hybridized carbons (Fsp3) is 0.333. The predicted octanol–water partition coefficient (Wildman–Crippen LogP) is 2.10. The van der Waals surface area contributed by atoms with Gasteiger partial charge in [0.15, 0.2) is 0 Å². The van der Waals surface area contributed by atoms with Crippen LogP contribution in [0.5, 0.6) is 0 Å². The Bertz CT molecular complexity index is 337. The normalized spacial score (nSPS) is 21.2. The molecular weight excluding hydrogens is 191 g/mol. The van der Waals surface area contributed by atoms with Crippen molar-refractivity contribution in [3.05, 3.63) is 28.5 Å². The van der Waals surface area contributed by atoms with E-state index < -0.39 is 0 Å². The number of halogens is 2. The van der Waals surface area contributed by atoms with E-state index in [1.807, 2.05) is 0 Å². The SMILES string of the molecule is Nc1c(Cl)cc(F)cc1C1CCN1. The number of anilines is 1. The van der Waals surface area contributed by atoms with Gasteiger partial charge in [0, 0.05) is 6.04 Å². The van der Waals surface area contributed by atoms with Gasteiger partial charge in [-0.1, -0.05) is 11.6 Å². The van der Waals surface area contributed by atoms with Gasteiger partial charge in [-0.2, -0.15) is 0 Å². The summed E-state index contributed by atoms with van der Waals surface area (Å²) >= 11 is 5.75. The van der Waals surface area contributed by atoms with Crippen molar-refractivity contribution in [3.63, 3.8) is 0 Å². The summed E-state index contributed by atoms with van der Waals surface area (Å²) in [6.07, 6.45) is 0.990. The summed E-state index contributed by atoms with van der Waals surface area (Å²) in [5, 5.41) is 3.45. The average molecular weight is 201 g/mol. The zero-order valence-electron chi connectivity index (χ0n) is 6.98. The second kappa shape index (κ2) is 3.16. The third-order valence-electron chi connectivity index (χ3n) is 2.33. The maximum Gasteiger partial charge on any atom is 0.125 e. The molecule has 70 valence electrons. The zero-order valence-corrected chi connectivity index (χ0v) is 7.74. The minimum Gasteiger partial charge on any atom is -0.397 e. The van der Waals surface area contributed by atoms with Crippen molar-refractivity contribution in [2.45, 2.75) is 12.5 Å². The third kappa shape index (κ3) is 1.49. The molecule has 0 spiro atoms.